The van der Waals surface area contributed by atoms with Crippen LogP contribution in [0.5, 0.6) is 17.2 Å². The highest BCUT2D eigenvalue weighted by molar-refractivity contribution is 6.08. The summed E-state index contributed by atoms with van der Waals surface area (Å²) in [6, 6.07) is 13.8. The first-order valence-corrected chi connectivity index (χ1v) is 12.6. The number of methoxy groups -OCH3 is 3. The topological polar surface area (TPSA) is 105 Å². The van der Waals surface area contributed by atoms with Crippen molar-refractivity contribution in [2.45, 2.75) is 26.8 Å². The van der Waals surface area contributed by atoms with Crippen LogP contribution in [0.4, 0.5) is 14.5 Å². The van der Waals surface area contributed by atoms with E-state index < -0.39 is 18.0 Å². The van der Waals surface area contributed by atoms with Gasteiger partial charge in [-0.3, -0.25) is 9.48 Å². The number of carbonyl (C=O) groups is 1. The first kappa shape index (κ1) is 27.6. The molecule has 1 N–H and O–H groups in total. The molecule has 212 valence electrons. The normalized spacial score (nSPS) is 11.2. The number of hydrogen-bond donors (Lipinski definition) is 1. The highest BCUT2D eigenvalue weighted by atomic mass is 19.3. The van der Waals surface area contributed by atoms with Crippen LogP contribution in [0.1, 0.15) is 39.4 Å². The summed E-state index contributed by atoms with van der Waals surface area (Å²) in [4.78, 5) is 18.0. The number of anilines is 1. The number of para-hydroxylation sites is 1. The largest absolute Gasteiger partial charge is 0.496 e. The van der Waals surface area contributed by atoms with E-state index in [4.69, 9.17) is 14.2 Å². The van der Waals surface area contributed by atoms with Gasteiger partial charge in [0.05, 0.1) is 56.8 Å². The van der Waals surface area contributed by atoms with Gasteiger partial charge in [-0.2, -0.15) is 10.2 Å². The molecule has 0 spiro atoms. The summed E-state index contributed by atoms with van der Waals surface area (Å²) in [6.07, 6.45) is -1.63. The quantitative estimate of drug-likeness (QED) is 0.254. The molecule has 10 nitrogen and oxygen atoms in total. The summed E-state index contributed by atoms with van der Waals surface area (Å²) >= 11 is 0. The van der Waals surface area contributed by atoms with Gasteiger partial charge in [0.15, 0.2) is 17.1 Å². The zero-order chi connectivity index (χ0) is 29.3. The first-order chi connectivity index (χ1) is 19.7. The summed E-state index contributed by atoms with van der Waals surface area (Å²) in [5.41, 5.74) is 3.09. The average Bonchev–Trinajstić information content (AvgIpc) is 3.52. The Morgan fingerprint density at radius 1 is 0.976 bits per heavy atom. The van der Waals surface area contributed by atoms with Gasteiger partial charge in [-0.25, -0.2) is 18.3 Å². The van der Waals surface area contributed by atoms with Crippen LogP contribution in [-0.4, -0.2) is 51.6 Å². The average molecular weight is 563 g/mol. The predicted molar refractivity (Wildman–Crippen MR) is 148 cm³/mol. The molecule has 0 saturated heterocycles. The Morgan fingerprint density at radius 2 is 1.71 bits per heavy atom. The highest BCUT2D eigenvalue weighted by Crippen LogP contribution is 2.33. The van der Waals surface area contributed by atoms with E-state index in [0.29, 0.717) is 46.4 Å². The molecular formula is C29H28F2N6O4. The van der Waals surface area contributed by atoms with E-state index in [1.165, 1.54) is 19.4 Å². The number of halogens is 2. The Hall–Kier alpha value is -5.00. The zero-order valence-corrected chi connectivity index (χ0v) is 23.1. The van der Waals surface area contributed by atoms with Crippen molar-refractivity contribution in [3.63, 3.8) is 0 Å². The van der Waals surface area contributed by atoms with Crippen LogP contribution in [0.15, 0.2) is 54.7 Å². The molecule has 3 aromatic heterocycles. The van der Waals surface area contributed by atoms with Crippen LogP contribution in [0.25, 0.3) is 16.9 Å². The van der Waals surface area contributed by atoms with Crippen LogP contribution in [0.3, 0.4) is 0 Å². The molecule has 0 saturated carbocycles. The highest BCUT2D eigenvalue weighted by Gasteiger charge is 2.24. The Kier molecular flexibility index (Phi) is 7.56. The molecule has 0 atom stereocenters. The Labute approximate surface area is 234 Å². The lowest BCUT2D eigenvalue weighted by atomic mass is 10.1. The number of hydrogen-bond acceptors (Lipinski definition) is 7. The first-order valence-electron chi connectivity index (χ1n) is 12.6. The molecular weight excluding hydrogens is 534 g/mol. The van der Waals surface area contributed by atoms with Crippen LogP contribution in [0, 0.1) is 13.8 Å². The zero-order valence-electron chi connectivity index (χ0n) is 23.1. The Bertz CT molecular complexity index is 1750. The van der Waals surface area contributed by atoms with Gasteiger partial charge in [0.2, 0.25) is 0 Å². The van der Waals surface area contributed by atoms with Crippen molar-refractivity contribution in [2.24, 2.45) is 0 Å². The molecule has 0 bridgehead atoms. The number of aromatic nitrogens is 5. The van der Waals surface area contributed by atoms with E-state index in [0.717, 1.165) is 10.1 Å². The Balaban J connectivity index is 1.49. The molecule has 1 amide bonds. The molecule has 0 aliphatic carbocycles. The number of fused-ring (bicyclic) bond motifs is 1. The van der Waals surface area contributed by atoms with Gasteiger partial charge >= 0.3 is 0 Å². The second-order valence-electron chi connectivity index (χ2n) is 9.21. The van der Waals surface area contributed by atoms with Gasteiger partial charge in [-0.1, -0.05) is 18.2 Å². The number of rotatable bonds is 9. The van der Waals surface area contributed by atoms with E-state index >= 15 is 0 Å². The van der Waals surface area contributed by atoms with Crippen molar-refractivity contribution in [3.05, 3.63) is 82.9 Å². The van der Waals surface area contributed by atoms with Crippen molar-refractivity contribution in [1.82, 2.24) is 24.4 Å². The fourth-order valence-electron chi connectivity index (χ4n) is 4.66. The van der Waals surface area contributed by atoms with Gasteiger partial charge in [-0.15, -0.1) is 0 Å². The fourth-order valence-corrected chi connectivity index (χ4v) is 4.66. The molecule has 41 heavy (non-hydrogen) atoms. The number of nitrogens with zero attached hydrogens (tertiary/aromatic N) is 5. The van der Waals surface area contributed by atoms with Crippen LogP contribution in [-0.2, 0) is 6.54 Å². The van der Waals surface area contributed by atoms with Crippen LogP contribution in [0.2, 0.25) is 0 Å². The maximum absolute atomic E-state index is 14.1. The van der Waals surface area contributed by atoms with E-state index in [1.807, 2.05) is 25.1 Å². The van der Waals surface area contributed by atoms with Gasteiger partial charge in [0.25, 0.3) is 12.3 Å². The lowest BCUT2D eigenvalue weighted by molar-refractivity contribution is 0.102. The van der Waals surface area contributed by atoms with E-state index in [2.05, 4.69) is 20.5 Å². The van der Waals surface area contributed by atoms with Crippen LogP contribution < -0.4 is 19.5 Å². The van der Waals surface area contributed by atoms with Crippen LogP contribution >= 0.6 is 0 Å². The minimum absolute atomic E-state index is 0.00534. The molecule has 5 rings (SSSR count). The second kappa shape index (κ2) is 11.2. The van der Waals surface area contributed by atoms with Gasteiger partial charge < -0.3 is 19.5 Å². The summed E-state index contributed by atoms with van der Waals surface area (Å²) < 4.78 is 47.0. The number of nitrogens with one attached hydrogen (secondary N) is 1. The number of benzene rings is 2. The summed E-state index contributed by atoms with van der Waals surface area (Å²) in [6.45, 7) is 4.03. The monoisotopic (exact) mass is 562 g/mol. The molecule has 0 radical (unpaired) electrons. The minimum atomic E-state index is -2.86. The number of aryl methyl sites for hydroxylation is 1. The Morgan fingerprint density at radius 3 is 2.41 bits per heavy atom. The van der Waals surface area contributed by atoms with E-state index in [1.54, 1.807) is 50.1 Å². The molecule has 12 heteroatoms. The third-order valence-electron chi connectivity index (χ3n) is 6.75. The standard InChI is InChI=1S/C29H28F2N6O4/c1-16-26(17(2)36(35-16)15-18-10-11-24(40-4)25(12-18)41-5)34-29(38)20-14-32-37-22(27(30)31)13-21(33-28(20)37)19-8-6-7-9-23(19)39-3/h6-14,27H,15H2,1-5H3,(H,34,38). The molecule has 0 aliphatic rings. The molecule has 0 fully saturated rings. The minimum Gasteiger partial charge on any atom is -0.496 e. The lowest BCUT2D eigenvalue weighted by Crippen LogP contribution is -2.14. The number of ether oxygens (including phenoxy) is 3. The van der Waals surface area contributed by atoms with E-state index in [9.17, 15) is 13.6 Å². The molecule has 0 unspecified atom stereocenters. The van der Waals surface area contributed by atoms with Crippen molar-refractivity contribution in [3.8, 4) is 28.5 Å². The third-order valence-corrected chi connectivity index (χ3v) is 6.75. The summed E-state index contributed by atoms with van der Waals surface area (Å²) in [7, 11) is 4.62. The molecule has 0 aliphatic heterocycles. The van der Waals surface area contributed by atoms with E-state index in [-0.39, 0.29) is 16.9 Å². The summed E-state index contributed by atoms with van der Waals surface area (Å²) in [5, 5.41) is 11.5. The molecule has 2 aromatic carbocycles. The van der Waals surface area contributed by atoms with Gasteiger partial charge in [0, 0.05) is 5.56 Å². The number of amides is 1. The maximum Gasteiger partial charge on any atom is 0.280 e. The maximum atomic E-state index is 14.1. The van der Waals surface area contributed by atoms with Crippen molar-refractivity contribution in [2.75, 3.05) is 26.6 Å². The SMILES string of the molecule is COc1ccc(Cn2nc(C)c(NC(=O)c3cnn4c(C(F)F)cc(-c5ccccc5OC)nc34)c2C)cc1OC. The van der Waals surface area contributed by atoms with Gasteiger partial charge in [-0.05, 0) is 49.7 Å². The van der Waals surface area contributed by atoms with Gasteiger partial charge in [0.1, 0.15) is 17.0 Å². The van der Waals surface area contributed by atoms with Crippen molar-refractivity contribution in [1.29, 1.82) is 0 Å². The second-order valence-corrected chi connectivity index (χ2v) is 9.21. The summed E-state index contributed by atoms with van der Waals surface area (Å²) in [5.74, 6) is 1.12. The smallest absolute Gasteiger partial charge is 0.280 e. The third kappa shape index (κ3) is 5.15. The molecule has 5 aromatic rings. The van der Waals surface area contributed by atoms with Crippen molar-refractivity contribution >= 4 is 17.2 Å². The fraction of sp³-hybridized carbons (Fsp3) is 0.241. The molecule has 3 heterocycles. The number of alkyl halides is 2. The lowest BCUT2D eigenvalue weighted by Gasteiger charge is -2.11. The predicted octanol–water partition coefficient (Wildman–Crippen LogP) is 5.47. The van der Waals surface area contributed by atoms with Crippen molar-refractivity contribution < 1.29 is 27.8 Å². The number of carbonyl (C=O) groups excluding carboxylic acids is 1.